The van der Waals surface area contributed by atoms with Crippen molar-refractivity contribution < 1.29 is 14.7 Å². The summed E-state index contributed by atoms with van der Waals surface area (Å²) in [6.45, 7) is 4.52. The number of hydrogen-bond donors (Lipinski definition) is 1. The van der Waals surface area contributed by atoms with Crippen molar-refractivity contribution in [1.29, 1.82) is 0 Å². The summed E-state index contributed by atoms with van der Waals surface area (Å²) in [7, 11) is 1.78. The van der Waals surface area contributed by atoms with E-state index in [0.29, 0.717) is 12.2 Å². The molecule has 1 aliphatic rings. The Bertz CT molecular complexity index is 789. The predicted octanol–water partition coefficient (Wildman–Crippen LogP) is 2.36. The number of rotatable bonds is 2. The van der Waals surface area contributed by atoms with Gasteiger partial charge in [0, 0.05) is 19.0 Å². The van der Waals surface area contributed by atoms with E-state index in [1.54, 1.807) is 16.5 Å². The lowest BCUT2D eigenvalue weighted by Gasteiger charge is -2.16. The van der Waals surface area contributed by atoms with Crippen molar-refractivity contribution in [2.75, 3.05) is 13.6 Å². The van der Waals surface area contributed by atoms with Crippen LogP contribution in [0.4, 0.5) is 0 Å². The van der Waals surface area contributed by atoms with Crippen LogP contribution in [0, 0.1) is 13.8 Å². The Morgan fingerprint density at radius 2 is 2.05 bits per heavy atom. The molecule has 116 valence electrons. The van der Waals surface area contributed by atoms with Gasteiger partial charge in [-0.25, -0.2) is 0 Å². The van der Waals surface area contributed by atoms with Gasteiger partial charge in [-0.05, 0) is 43.9 Å². The van der Waals surface area contributed by atoms with Gasteiger partial charge in [0.25, 0.3) is 5.91 Å². The van der Waals surface area contributed by atoms with Gasteiger partial charge in [-0.2, -0.15) is 0 Å². The third-order valence-corrected chi connectivity index (χ3v) is 4.36. The van der Waals surface area contributed by atoms with E-state index in [1.165, 1.54) is 0 Å². The fourth-order valence-corrected chi connectivity index (χ4v) is 3.52. The summed E-state index contributed by atoms with van der Waals surface area (Å²) < 4.78 is 1.69. The topological polar surface area (TPSA) is 62.5 Å². The Labute approximate surface area is 129 Å². The average molecular weight is 300 g/mol. The smallest absolute Gasteiger partial charge is 0.323 e. The molecule has 1 aliphatic heterocycles. The third-order valence-electron chi connectivity index (χ3n) is 4.36. The van der Waals surface area contributed by atoms with Gasteiger partial charge in [0.05, 0.1) is 5.52 Å². The molecule has 1 N–H and O–H groups in total. The van der Waals surface area contributed by atoms with Crippen LogP contribution in [0.25, 0.3) is 10.9 Å². The number of carbonyl (C=O) groups excluding carboxylic acids is 1. The van der Waals surface area contributed by atoms with Crippen molar-refractivity contribution in [1.82, 2.24) is 9.47 Å². The molecule has 0 saturated carbocycles. The molecule has 1 aromatic heterocycles. The summed E-state index contributed by atoms with van der Waals surface area (Å²) in [4.78, 5) is 25.7. The standard InChI is InChI=1S/C17H20N2O3/c1-10-7-11(2)15-13(8-10)12-5-4-6-18(3)17(22)16(12)19(15)9-14(20)21/h7-8H,4-6,9H2,1-3H3,(H,20,21). The summed E-state index contributed by atoms with van der Waals surface area (Å²) in [6, 6.07) is 4.10. The van der Waals surface area contributed by atoms with E-state index in [-0.39, 0.29) is 12.5 Å². The molecule has 22 heavy (non-hydrogen) atoms. The summed E-state index contributed by atoms with van der Waals surface area (Å²) in [5.74, 6) is -1.01. The first-order chi connectivity index (χ1) is 10.4. The van der Waals surface area contributed by atoms with E-state index in [1.807, 2.05) is 19.9 Å². The molecule has 0 fully saturated rings. The Hall–Kier alpha value is -2.30. The Balaban J connectivity index is 2.40. The van der Waals surface area contributed by atoms with Crippen LogP contribution in [-0.4, -0.2) is 40.0 Å². The Kier molecular flexibility index (Phi) is 3.43. The zero-order chi connectivity index (χ0) is 16.0. The van der Waals surface area contributed by atoms with Crippen LogP contribution in [0.2, 0.25) is 0 Å². The number of hydrogen-bond acceptors (Lipinski definition) is 2. The minimum absolute atomic E-state index is 0.0815. The highest BCUT2D eigenvalue weighted by molar-refractivity contribution is 6.03. The molecule has 0 bridgehead atoms. The minimum atomic E-state index is -0.931. The molecule has 3 rings (SSSR count). The molecule has 0 atom stereocenters. The molecule has 5 heteroatoms. The second-order valence-corrected chi connectivity index (χ2v) is 6.12. The zero-order valence-corrected chi connectivity index (χ0v) is 13.1. The van der Waals surface area contributed by atoms with Crippen molar-refractivity contribution in [2.45, 2.75) is 33.2 Å². The molecule has 2 aromatic rings. The zero-order valence-electron chi connectivity index (χ0n) is 13.1. The molecule has 0 aliphatic carbocycles. The van der Waals surface area contributed by atoms with Crippen molar-refractivity contribution in [3.05, 3.63) is 34.5 Å². The fraction of sp³-hybridized carbons (Fsp3) is 0.412. The molecule has 1 amide bonds. The maximum atomic E-state index is 12.7. The molecule has 1 aromatic carbocycles. The normalized spacial score (nSPS) is 15.0. The summed E-state index contributed by atoms with van der Waals surface area (Å²) in [6.07, 6.45) is 1.70. The van der Waals surface area contributed by atoms with Gasteiger partial charge in [0.2, 0.25) is 0 Å². The number of carboxylic acids is 1. The number of aryl methyl sites for hydroxylation is 3. The second kappa shape index (κ2) is 5.16. The lowest BCUT2D eigenvalue weighted by Crippen LogP contribution is -2.29. The Morgan fingerprint density at radius 1 is 1.32 bits per heavy atom. The highest BCUT2D eigenvalue weighted by Crippen LogP contribution is 2.33. The van der Waals surface area contributed by atoms with Gasteiger partial charge < -0.3 is 14.6 Å². The van der Waals surface area contributed by atoms with Gasteiger partial charge in [-0.15, -0.1) is 0 Å². The Morgan fingerprint density at radius 3 is 2.73 bits per heavy atom. The minimum Gasteiger partial charge on any atom is -0.480 e. The number of fused-ring (bicyclic) bond motifs is 3. The van der Waals surface area contributed by atoms with Crippen LogP contribution < -0.4 is 0 Å². The van der Waals surface area contributed by atoms with E-state index in [0.717, 1.165) is 40.4 Å². The third kappa shape index (κ3) is 2.17. The van der Waals surface area contributed by atoms with E-state index in [2.05, 4.69) is 6.07 Å². The molecule has 0 radical (unpaired) electrons. The van der Waals surface area contributed by atoms with E-state index < -0.39 is 5.97 Å². The molecular weight excluding hydrogens is 280 g/mol. The number of aromatic nitrogens is 1. The van der Waals surface area contributed by atoms with Gasteiger partial charge in [-0.1, -0.05) is 11.6 Å². The number of aliphatic carboxylic acids is 1. The largest absolute Gasteiger partial charge is 0.480 e. The number of carbonyl (C=O) groups is 2. The summed E-state index contributed by atoms with van der Waals surface area (Å²) in [5, 5.41) is 10.3. The van der Waals surface area contributed by atoms with Gasteiger partial charge in [-0.3, -0.25) is 9.59 Å². The van der Waals surface area contributed by atoms with E-state index >= 15 is 0 Å². The van der Waals surface area contributed by atoms with Crippen LogP contribution in [0.15, 0.2) is 12.1 Å². The lowest BCUT2D eigenvalue weighted by atomic mass is 10.0. The van der Waals surface area contributed by atoms with Crippen molar-refractivity contribution >= 4 is 22.8 Å². The average Bonchev–Trinajstić information content (AvgIpc) is 2.62. The molecule has 0 saturated heterocycles. The van der Waals surface area contributed by atoms with E-state index in [4.69, 9.17) is 0 Å². The predicted molar refractivity (Wildman–Crippen MR) is 84.3 cm³/mol. The number of amides is 1. The number of carboxylic acid groups (broad SMARTS) is 1. The maximum Gasteiger partial charge on any atom is 0.323 e. The number of benzene rings is 1. The first-order valence-electron chi connectivity index (χ1n) is 7.49. The highest BCUT2D eigenvalue weighted by Gasteiger charge is 2.28. The maximum absolute atomic E-state index is 12.7. The highest BCUT2D eigenvalue weighted by atomic mass is 16.4. The summed E-state index contributed by atoms with van der Waals surface area (Å²) in [5.41, 5.74) is 4.57. The van der Waals surface area contributed by atoms with Crippen LogP contribution >= 0.6 is 0 Å². The number of nitrogens with zero attached hydrogens (tertiary/aromatic N) is 2. The quantitative estimate of drug-likeness (QED) is 0.926. The molecule has 0 unspecified atom stereocenters. The molecule has 2 heterocycles. The van der Waals surface area contributed by atoms with Crippen LogP contribution in [0.3, 0.4) is 0 Å². The van der Waals surface area contributed by atoms with Crippen LogP contribution in [0.5, 0.6) is 0 Å². The lowest BCUT2D eigenvalue weighted by molar-refractivity contribution is -0.137. The van der Waals surface area contributed by atoms with Crippen LogP contribution in [-0.2, 0) is 17.8 Å². The van der Waals surface area contributed by atoms with Gasteiger partial charge in [0.1, 0.15) is 12.2 Å². The molecular formula is C17H20N2O3. The van der Waals surface area contributed by atoms with Crippen molar-refractivity contribution in [2.24, 2.45) is 0 Å². The molecule has 5 nitrogen and oxygen atoms in total. The van der Waals surface area contributed by atoms with Crippen LogP contribution in [0.1, 0.15) is 33.6 Å². The van der Waals surface area contributed by atoms with Gasteiger partial charge >= 0.3 is 5.97 Å². The van der Waals surface area contributed by atoms with Gasteiger partial charge in [0.15, 0.2) is 0 Å². The monoisotopic (exact) mass is 300 g/mol. The van der Waals surface area contributed by atoms with E-state index in [9.17, 15) is 14.7 Å². The first-order valence-corrected chi connectivity index (χ1v) is 7.49. The second-order valence-electron chi connectivity index (χ2n) is 6.12. The first kappa shape index (κ1) is 14.6. The van der Waals surface area contributed by atoms with Crippen molar-refractivity contribution in [3.63, 3.8) is 0 Å². The fourth-order valence-electron chi connectivity index (χ4n) is 3.52. The summed E-state index contributed by atoms with van der Waals surface area (Å²) >= 11 is 0. The SMILES string of the molecule is Cc1cc(C)c2c(c1)c1c(n2CC(=O)O)C(=O)N(C)CCC1. The molecule has 0 spiro atoms. The van der Waals surface area contributed by atoms with Crippen molar-refractivity contribution in [3.8, 4) is 0 Å².